The van der Waals surface area contributed by atoms with E-state index in [9.17, 15) is 12.8 Å². The van der Waals surface area contributed by atoms with Gasteiger partial charge in [0.25, 0.3) is 0 Å². The summed E-state index contributed by atoms with van der Waals surface area (Å²) in [4.78, 5) is 8.28. The van der Waals surface area contributed by atoms with Gasteiger partial charge >= 0.3 is 0 Å². The molecule has 0 bridgehead atoms. The van der Waals surface area contributed by atoms with Crippen molar-refractivity contribution in [2.75, 3.05) is 26.7 Å². The van der Waals surface area contributed by atoms with Crippen LogP contribution >= 0.6 is 24.0 Å². The fourth-order valence-corrected chi connectivity index (χ4v) is 3.48. The molecule has 3 N–H and O–H groups in total. The number of halogens is 2. The maximum absolute atomic E-state index is 13.9. The molecule has 166 valence electrons. The number of nitrogens with zero attached hydrogens (tertiary/aromatic N) is 2. The van der Waals surface area contributed by atoms with Crippen LogP contribution in [0.2, 0.25) is 0 Å². The van der Waals surface area contributed by atoms with Gasteiger partial charge in [-0.15, -0.1) is 24.0 Å². The number of pyridine rings is 1. The zero-order valence-electron chi connectivity index (χ0n) is 17.1. The maximum Gasteiger partial charge on any atom is 0.242 e. The number of rotatable bonds is 9. The van der Waals surface area contributed by atoms with E-state index in [-0.39, 0.29) is 53.8 Å². The van der Waals surface area contributed by atoms with Crippen LogP contribution in [0.25, 0.3) is 0 Å². The molecular weight excluding hydrogens is 524 g/mol. The van der Waals surface area contributed by atoms with E-state index < -0.39 is 15.8 Å². The summed E-state index contributed by atoms with van der Waals surface area (Å²) in [5.74, 6) is 0.240. The fraction of sp³-hybridized carbons (Fsp3) is 0.368. The molecule has 2 aromatic rings. The van der Waals surface area contributed by atoms with Crippen molar-refractivity contribution in [3.8, 4) is 5.75 Å². The molecule has 30 heavy (non-hydrogen) atoms. The van der Waals surface area contributed by atoms with Gasteiger partial charge < -0.3 is 15.4 Å². The van der Waals surface area contributed by atoms with Gasteiger partial charge in [0.05, 0.1) is 19.7 Å². The van der Waals surface area contributed by atoms with Gasteiger partial charge in [-0.25, -0.2) is 17.5 Å². The summed E-state index contributed by atoms with van der Waals surface area (Å²) in [6, 6.07) is 7.55. The van der Waals surface area contributed by atoms with Crippen LogP contribution in [0.1, 0.15) is 25.5 Å². The molecule has 0 aliphatic carbocycles. The lowest BCUT2D eigenvalue weighted by molar-refractivity contribution is 0.386. The van der Waals surface area contributed by atoms with E-state index in [1.807, 2.05) is 13.8 Å². The topological polar surface area (TPSA) is 105 Å². The summed E-state index contributed by atoms with van der Waals surface area (Å²) >= 11 is 0. The molecule has 1 aromatic carbocycles. The van der Waals surface area contributed by atoms with Gasteiger partial charge in [0.1, 0.15) is 4.90 Å². The summed E-state index contributed by atoms with van der Waals surface area (Å²) in [5, 5.41) is 6.26. The van der Waals surface area contributed by atoms with E-state index in [1.165, 1.54) is 31.6 Å². The molecule has 1 unspecified atom stereocenters. The SMILES string of the molecule is CCNC(=NCCNS(=O)(=O)c1cccnc1)NC(C)c1ccc(OC)c(F)c1.I. The normalized spacial score (nSPS) is 12.6. The third-order valence-electron chi connectivity index (χ3n) is 3.99. The van der Waals surface area contributed by atoms with Crippen molar-refractivity contribution in [3.05, 3.63) is 54.1 Å². The first kappa shape index (κ1) is 26.0. The first-order chi connectivity index (χ1) is 13.9. The number of sulfonamides is 1. The van der Waals surface area contributed by atoms with Crippen molar-refractivity contribution in [2.24, 2.45) is 4.99 Å². The summed E-state index contributed by atoms with van der Waals surface area (Å²) in [6.07, 6.45) is 2.79. The largest absolute Gasteiger partial charge is 0.494 e. The van der Waals surface area contributed by atoms with Gasteiger partial charge in [0, 0.05) is 25.5 Å². The van der Waals surface area contributed by atoms with E-state index in [1.54, 1.807) is 18.2 Å². The van der Waals surface area contributed by atoms with Crippen molar-refractivity contribution in [2.45, 2.75) is 24.8 Å². The average Bonchev–Trinajstić information content (AvgIpc) is 2.71. The Bertz CT molecular complexity index is 929. The predicted molar refractivity (Wildman–Crippen MR) is 125 cm³/mol. The number of aromatic nitrogens is 1. The molecular formula is C19H27FIN5O3S. The lowest BCUT2D eigenvalue weighted by Gasteiger charge is -2.18. The Balaban J connectivity index is 0.00000450. The predicted octanol–water partition coefficient (Wildman–Crippen LogP) is 2.44. The first-order valence-corrected chi connectivity index (χ1v) is 10.6. The summed E-state index contributed by atoms with van der Waals surface area (Å²) in [7, 11) is -2.21. The number of methoxy groups -OCH3 is 1. The molecule has 0 saturated carbocycles. The second-order valence-electron chi connectivity index (χ2n) is 6.11. The molecule has 1 aromatic heterocycles. The number of aliphatic imine (C=N–C) groups is 1. The third kappa shape index (κ3) is 7.69. The van der Waals surface area contributed by atoms with E-state index in [4.69, 9.17) is 4.74 Å². The second kappa shape index (κ2) is 12.6. The van der Waals surface area contributed by atoms with Gasteiger partial charge in [-0.3, -0.25) is 9.98 Å². The number of guanidine groups is 1. The Kier molecular flexibility index (Phi) is 11.0. The van der Waals surface area contributed by atoms with E-state index in [0.717, 1.165) is 5.56 Å². The lowest BCUT2D eigenvalue weighted by atomic mass is 10.1. The molecule has 1 atom stereocenters. The minimum absolute atomic E-state index is 0. The monoisotopic (exact) mass is 551 g/mol. The fourth-order valence-electron chi connectivity index (χ4n) is 2.50. The number of ether oxygens (including phenoxy) is 1. The number of hydrogen-bond acceptors (Lipinski definition) is 5. The molecule has 0 spiro atoms. The second-order valence-corrected chi connectivity index (χ2v) is 7.87. The minimum Gasteiger partial charge on any atom is -0.494 e. The molecule has 0 fully saturated rings. The number of benzene rings is 1. The van der Waals surface area contributed by atoms with E-state index in [0.29, 0.717) is 12.5 Å². The van der Waals surface area contributed by atoms with Crippen LogP contribution in [0.15, 0.2) is 52.6 Å². The zero-order valence-corrected chi connectivity index (χ0v) is 20.2. The number of nitrogens with one attached hydrogen (secondary N) is 3. The van der Waals surface area contributed by atoms with Crippen molar-refractivity contribution in [1.82, 2.24) is 20.3 Å². The van der Waals surface area contributed by atoms with Gasteiger partial charge in [-0.2, -0.15) is 0 Å². The molecule has 2 rings (SSSR count). The first-order valence-electron chi connectivity index (χ1n) is 9.15. The Labute approximate surface area is 193 Å². The summed E-state index contributed by atoms with van der Waals surface area (Å²) < 4.78 is 45.7. The standard InChI is InChI=1S/C19H26FN5O3S.HI/c1-4-22-19(25-14(2)15-7-8-18(28-3)17(20)12-15)23-10-11-24-29(26,27)16-6-5-9-21-13-16;/h5-9,12-14,24H,4,10-11H2,1-3H3,(H2,22,23,25);1H. The van der Waals surface area contributed by atoms with Gasteiger partial charge in [0.2, 0.25) is 10.0 Å². The van der Waals surface area contributed by atoms with Crippen molar-refractivity contribution in [1.29, 1.82) is 0 Å². The molecule has 8 nitrogen and oxygen atoms in total. The van der Waals surface area contributed by atoms with Crippen LogP contribution in [0.5, 0.6) is 5.75 Å². The minimum atomic E-state index is -3.62. The highest BCUT2D eigenvalue weighted by Crippen LogP contribution is 2.21. The highest BCUT2D eigenvalue weighted by Gasteiger charge is 2.13. The Morgan fingerprint density at radius 3 is 2.70 bits per heavy atom. The highest BCUT2D eigenvalue weighted by molar-refractivity contribution is 14.0. The molecule has 1 heterocycles. The quantitative estimate of drug-likeness (QED) is 0.192. The van der Waals surface area contributed by atoms with Crippen molar-refractivity contribution >= 4 is 40.0 Å². The Hall–Kier alpha value is -1.99. The van der Waals surface area contributed by atoms with E-state index in [2.05, 4.69) is 25.3 Å². The van der Waals surface area contributed by atoms with Crippen LogP contribution in [0.3, 0.4) is 0 Å². The highest BCUT2D eigenvalue weighted by atomic mass is 127. The molecule has 0 aliphatic rings. The Morgan fingerprint density at radius 1 is 1.33 bits per heavy atom. The molecule has 0 aliphatic heterocycles. The molecule has 0 amide bonds. The average molecular weight is 551 g/mol. The zero-order chi connectivity index (χ0) is 21.3. The summed E-state index contributed by atoms with van der Waals surface area (Å²) in [6.45, 7) is 4.76. The molecule has 0 saturated heterocycles. The Morgan fingerprint density at radius 2 is 2.10 bits per heavy atom. The van der Waals surface area contributed by atoms with Crippen LogP contribution < -0.4 is 20.1 Å². The molecule has 11 heteroatoms. The van der Waals surface area contributed by atoms with Crippen LogP contribution in [-0.2, 0) is 10.0 Å². The van der Waals surface area contributed by atoms with Crippen molar-refractivity contribution < 1.29 is 17.5 Å². The van der Waals surface area contributed by atoms with Gasteiger partial charge in [-0.1, -0.05) is 6.07 Å². The van der Waals surface area contributed by atoms with Crippen molar-refractivity contribution in [3.63, 3.8) is 0 Å². The third-order valence-corrected chi connectivity index (χ3v) is 5.44. The number of hydrogen-bond donors (Lipinski definition) is 3. The van der Waals surface area contributed by atoms with Crippen LogP contribution in [0, 0.1) is 5.82 Å². The van der Waals surface area contributed by atoms with Crippen LogP contribution in [-0.4, -0.2) is 46.1 Å². The van der Waals surface area contributed by atoms with E-state index >= 15 is 0 Å². The van der Waals surface area contributed by atoms with Gasteiger partial charge in [-0.05, 0) is 43.7 Å². The maximum atomic E-state index is 13.9. The summed E-state index contributed by atoms with van der Waals surface area (Å²) in [5.41, 5.74) is 0.728. The smallest absolute Gasteiger partial charge is 0.242 e. The molecule has 0 radical (unpaired) electrons. The van der Waals surface area contributed by atoms with Gasteiger partial charge in [0.15, 0.2) is 17.5 Å². The van der Waals surface area contributed by atoms with Crippen LogP contribution in [0.4, 0.5) is 4.39 Å². The lowest BCUT2D eigenvalue weighted by Crippen LogP contribution is -2.39.